The fraction of sp³-hybridized carbons (Fsp3) is 0.500. The Kier molecular flexibility index (Phi) is 5.50. The first-order valence-corrected chi connectivity index (χ1v) is 5.61. The van der Waals surface area contributed by atoms with Gasteiger partial charge in [0.05, 0.1) is 6.54 Å². The summed E-state index contributed by atoms with van der Waals surface area (Å²) in [5.74, 6) is 0.0400. The second-order valence-electron chi connectivity index (χ2n) is 3.84. The Labute approximate surface area is 96.5 Å². The molecule has 0 fully saturated rings. The first kappa shape index (κ1) is 12.6. The maximum atomic E-state index is 11.4. The third-order valence-electron chi connectivity index (χ3n) is 2.36. The van der Waals surface area contributed by atoms with Crippen molar-refractivity contribution >= 4 is 5.91 Å². The first-order chi connectivity index (χ1) is 7.72. The normalized spacial score (nSPS) is 12.1. The lowest BCUT2D eigenvalue weighted by atomic mass is 10.2. The highest BCUT2D eigenvalue weighted by molar-refractivity contribution is 5.78. The van der Waals surface area contributed by atoms with Gasteiger partial charge in [-0.3, -0.25) is 9.78 Å². The molecule has 1 unspecified atom stereocenters. The van der Waals surface area contributed by atoms with Crippen LogP contribution in [-0.2, 0) is 11.3 Å². The van der Waals surface area contributed by atoms with Crippen molar-refractivity contribution in [1.82, 2.24) is 15.6 Å². The van der Waals surface area contributed by atoms with Crippen LogP contribution in [0.5, 0.6) is 0 Å². The van der Waals surface area contributed by atoms with Crippen molar-refractivity contribution in [1.29, 1.82) is 0 Å². The Bertz CT molecular complexity index is 313. The second-order valence-corrected chi connectivity index (χ2v) is 3.84. The molecule has 0 saturated heterocycles. The van der Waals surface area contributed by atoms with E-state index in [9.17, 15) is 4.79 Å². The zero-order chi connectivity index (χ0) is 11.8. The molecule has 4 nitrogen and oxygen atoms in total. The van der Waals surface area contributed by atoms with E-state index in [1.165, 1.54) is 0 Å². The maximum Gasteiger partial charge on any atom is 0.234 e. The van der Waals surface area contributed by atoms with E-state index < -0.39 is 0 Å². The number of hydrogen-bond acceptors (Lipinski definition) is 3. The van der Waals surface area contributed by atoms with E-state index in [-0.39, 0.29) is 11.9 Å². The molecule has 16 heavy (non-hydrogen) atoms. The smallest absolute Gasteiger partial charge is 0.234 e. The number of aromatic nitrogens is 1. The summed E-state index contributed by atoms with van der Waals surface area (Å²) < 4.78 is 0. The molecule has 0 aromatic carbocycles. The lowest BCUT2D eigenvalue weighted by Crippen LogP contribution is -2.38. The highest BCUT2D eigenvalue weighted by Crippen LogP contribution is 1.93. The van der Waals surface area contributed by atoms with Gasteiger partial charge in [0.2, 0.25) is 5.91 Å². The number of amides is 1. The van der Waals surface area contributed by atoms with E-state index in [1.807, 2.05) is 26.0 Å². The molecule has 1 amide bonds. The zero-order valence-corrected chi connectivity index (χ0v) is 9.86. The summed E-state index contributed by atoms with van der Waals surface area (Å²) in [5.41, 5.74) is 1.08. The molecular weight excluding hydrogens is 202 g/mol. The average Bonchev–Trinajstić information content (AvgIpc) is 2.30. The molecule has 1 aromatic rings. The summed E-state index contributed by atoms with van der Waals surface area (Å²) in [6.45, 7) is 5.06. The maximum absolute atomic E-state index is 11.4. The van der Waals surface area contributed by atoms with E-state index in [1.54, 1.807) is 12.4 Å². The van der Waals surface area contributed by atoms with Gasteiger partial charge in [0.1, 0.15) is 0 Å². The number of hydrogen-bond donors (Lipinski definition) is 2. The number of pyridine rings is 1. The largest absolute Gasteiger partial charge is 0.353 e. The monoisotopic (exact) mass is 221 g/mol. The van der Waals surface area contributed by atoms with Crippen molar-refractivity contribution in [3.8, 4) is 0 Å². The number of nitrogens with zero attached hydrogens (tertiary/aromatic N) is 1. The lowest BCUT2D eigenvalue weighted by Gasteiger charge is -2.11. The van der Waals surface area contributed by atoms with Crippen molar-refractivity contribution in [3.05, 3.63) is 30.1 Å². The Hall–Kier alpha value is -1.42. The highest BCUT2D eigenvalue weighted by Gasteiger charge is 2.04. The topological polar surface area (TPSA) is 54.0 Å². The van der Waals surface area contributed by atoms with Gasteiger partial charge in [-0.15, -0.1) is 0 Å². The summed E-state index contributed by atoms with van der Waals surface area (Å²) in [6, 6.07) is 4.11. The average molecular weight is 221 g/mol. The van der Waals surface area contributed by atoms with Gasteiger partial charge in [-0.05, 0) is 25.0 Å². The molecule has 0 aliphatic rings. The van der Waals surface area contributed by atoms with Crippen LogP contribution in [0.25, 0.3) is 0 Å². The van der Waals surface area contributed by atoms with Crippen LogP contribution in [0.2, 0.25) is 0 Å². The molecular formula is C12H19N3O. The third kappa shape index (κ3) is 4.89. The van der Waals surface area contributed by atoms with Crippen LogP contribution < -0.4 is 10.6 Å². The van der Waals surface area contributed by atoms with Crippen LogP contribution in [0.15, 0.2) is 24.5 Å². The Morgan fingerprint density at radius 2 is 2.38 bits per heavy atom. The molecule has 0 saturated carbocycles. The molecule has 1 aromatic heterocycles. The van der Waals surface area contributed by atoms with E-state index in [0.29, 0.717) is 13.1 Å². The van der Waals surface area contributed by atoms with Gasteiger partial charge in [-0.25, -0.2) is 0 Å². The molecule has 1 rings (SSSR count). The number of nitrogens with one attached hydrogen (secondary N) is 2. The molecule has 88 valence electrons. The van der Waals surface area contributed by atoms with Crippen LogP contribution in [-0.4, -0.2) is 23.5 Å². The van der Waals surface area contributed by atoms with Gasteiger partial charge < -0.3 is 10.6 Å². The van der Waals surface area contributed by atoms with Gasteiger partial charge >= 0.3 is 0 Å². The van der Waals surface area contributed by atoms with Crippen molar-refractivity contribution in [2.24, 2.45) is 0 Å². The molecule has 0 spiro atoms. The highest BCUT2D eigenvalue weighted by atomic mass is 16.1. The first-order valence-electron chi connectivity index (χ1n) is 5.61. The van der Waals surface area contributed by atoms with Crippen LogP contribution in [0.3, 0.4) is 0 Å². The fourth-order valence-electron chi connectivity index (χ4n) is 1.25. The zero-order valence-electron chi connectivity index (χ0n) is 9.86. The minimum Gasteiger partial charge on any atom is -0.353 e. The minimum absolute atomic E-state index is 0.0400. The molecule has 0 bridgehead atoms. The quantitative estimate of drug-likeness (QED) is 0.756. The van der Waals surface area contributed by atoms with E-state index in [4.69, 9.17) is 0 Å². The summed E-state index contributed by atoms with van der Waals surface area (Å²) >= 11 is 0. The van der Waals surface area contributed by atoms with Crippen LogP contribution in [0, 0.1) is 0 Å². The van der Waals surface area contributed by atoms with Gasteiger partial charge in [-0.2, -0.15) is 0 Å². The molecule has 4 heteroatoms. The van der Waals surface area contributed by atoms with Crippen molar-refractivity contribution in [3.63, 3.8) is 0 Å². The molecule has 0 aliphatic heterocycles. The summed E-state index contributed by atoms with van der Waals surface area (Å²) in [4.78, 5) is 15.4. The Morgan fingerprint density at radius 1 is 1.56 bits per heavy atom. The second kappa shape index (κ2) is 6.95. The van der Waals surface area contributed by atoms with Gasteiger partial charge in [-0.1, -0.05) is 13.0 Å². The molecule has 1 atom stereocenters. The summed E-state index contributed by atoms with van der Waals surface area (Å²) in [6.07, 6.45) is 4.48. The van der Waals surface area contributed by atoms with E-state index in [0.717, 1.165) is 12.0 Å². The van der Waals surface area contributed by atoms with E-state index in [2.05, 4.69) is 15.6 Å². The van der Waals surface area contributed by atoms with Gasteiger partial charge in [0.15, 0.2) is 0 Å². The third-order valence-corrected chi connectivity index (χ3v) is 2.36. The summed E-state index contributed by atoms with van der Waals surface area (Å²) in [7, 11) is 0. The molecule has 1 heterocycles. The lowest BCUT2D eigenvalue weighted by molar-refractivity contribution is -0.120. The number of carbonyl (C=O) groups excluding carboxylic acids is 1. The predicted molar refractivity (Wildman–Crippen MR) is 63.8 cm³/mol. The minimum atomic E-state index is 0.0400. The van der Waals surface area contributed by atoms with Gasteiger partial charge in [0, 0.05) is 25.0 Å². The van der Waals surface area contributed by atoms with Crippen LogP contribution in [0.1, 0.15) is 25.8 Å². The molecule has 0 radical (unpaired) electrons. The fourth-order valence-corrected chi connectivity index (χ4v) is 1.25. The summed E-state index contributed by atoms with van der Waals surface area (Å²) in [5, 5.41) is 5.98. The molecule has 2 N–H and O–H groups in total. The van der Waals surface area contributed by atoms with Crippen molar-refractivity contribution < 1.29 is 4.79 Å². The van der Waals surface area contributed by atoms with E-state index >= 15 is 0 Å². The SMILES string of the molecule is CCC(C)NC(=O)CNCc1cccnc1. The molecule has 0 aliphatic carbocycles. The number of rotatable bonds is 6. The Balaban J connectivity index is 2.18. The van der Waals surface area contributed by atoms with Crippen LogP contribution >= 0.6 is 0 Å². The van der Waals surface area contributed by atoms with Crippen LogP contribution in [0.4, 0.5) is 0 Å². The Morgan fingerprint density at radius 3 is 3.00 bits per heavy atom. The van der Waals surface area contributed by atoms with Crippen molar-refractivity contribution in [2.45, 2.75) is 32.9 Å². The predicted octanol–water partition coefficient (Wildman–Crippen LogP) is 1.09. The van der Waals surface area contributed by atoms with Crippen molar-refractivity contribution in [2.75, 3.05) is 6.54 Å². The number of carbonyl (C=O) groups is 1. The standard InChI is InChI=1S/C12H19N3O/c1-3-10(2)15-12(16)9-14-8-11-5-4-6-13-7-11/h4-7,10,14H,3,8-9H2,1-2H3,(H,15,16). The van der Waals surface area contributed by atoms with Gasteiger partial charge in [0.25, 0.3) is 0 Å².